The predicted octanol–water partition coefficient (Wildman–Crippen LogP) is 0.00110. The number of sulfone groups is 1. The Balaban J connectivity index is 2.64. The molecule has 1 saturated heterocycles. The van der Waals surface area contributed by atoms with E-state index in [0.717, 1.165) is 19.1 Å². The molecule has 0 saturated carbocycles. The molecule has 1 unspecified atom stereocenters. The summed E-state index contributed by atoms with van der Waals surface area (Å²) in [6.45, 7) is 2.05. The van der Waals surface area contributed by atoms with E-state index in [1.54, 1.807) is 0 Å². The number of carbonyl (C=O) groups excluding carboxylic acids is 2. The molecule has 16 heavy (non-hydrogen) atoms. The number of likely N-dealkylation sites (tertiary alicyclic amines) is 1. The molecule has 1 rings (SSSR count). The van der Waals surface area contributed by atoms with E-state index in [1.165, 1.54) is 11.8 Å². The summed E-state index contributed by atoms with van der Waals surface area (Å²) in [5, 5.41) is 0. The Labute approximate surface area is 95.7 Å². The molecule has 1 atom stereocenters. The summed E-state index contributed by atoms with van der Waals surface area (Å²) in [5.74, 6) is -0.809. The lowest BCUT2D eigenvalue weighted by atomic mass is 10.1. The largest absolute Gasteiger partial charge is 0.338 e. The average Bonchev–Trinajstić information content (AvgIpc) is 2.47. The summed E-state index contributed by atoms with van der Waals surface area (Å²) in [5.41, 5.74) is 0. The van der Waals surface area contributed by atoms with Gasteiger partial charge in [-0.3, -0.25) is 9.59 Å². The Bertz CT molecular complexity index is 388. The summed E-state index contributed by atoms with van der Waals surface area (Å²) in [6, 6.07) is -0.105. The highest BCUT2D eigenvalue weighted by Gasteiger charge is 2.30. The van der Waals surface area contributed by atoms with Crippen molar-refractivity contribution in [2.75, 3.05) is 18.6 Å². The maximum Gasteiger partial charge on any atom is 0.238 e. The van der Waals surface area contributed by atoms with Crippen molar-refractivity contribution in [2.45, 2.75) is 32.2 Å². The van der Waals surface area contributed by atoms with E-state index in [4.69, 9.17) is 0 Å². The van der Waals surface area contributed by atoms with E-state index >= 15 is 0 Å². The smallest absolute Gasteiger partial charge is 0.238 e. The molecule has 6 heteroatoms. The van der Waals surface area contributed by atoms with E-state index in [9.17, 15) is 18.0 Å². The van der Waals surface area contributed by atoms with E-state index in [1.807, 2.05) is 0 Å². The quantitative estimate of drug-likeness (QED) is 0.701. The van der Waals surface area contributed by atoms with Crippen LogP contribution < -0.4 is 0 Å². The van der Waals surface area contributed by atoms with Crippen LogP contribution in [0.1, 0.15) is 26.2 Å². The molecular formula is C10H17NO4S. The first-order chi connectivity index (χ1) is 7.29. The van der Waals surface area contributed by atoms with Gasteiger partial charge >= 0.3 is 0 Å². The lowest BCUT2D eigenvalue weighted by molar-refractivity contribution is -0.130. The third-order valence-corrected chi connectivity index (χ3v) is 3.38. The first-order valence-corrected chi connectivity index (χ1v) is 7.32. The Morgan fingerprint density at radius 1 is 1.38 bits per heavy atom. The van der Waals surface area contributed by atoms with Crippen LogP contribution in [0.2, 0.25) is 0 Å². The molecule has 1 heterocycles. The van der Waals surface area contributed by atoms with E-state index in [0.29, 0.717) is 13.0 Å². The second kappa shape index (κ2) is 4.95. The zero-order valence-corrected chi connectivity index (χ0v) is 10.4. The first kappa shape index (κ1) is 13.2. The molecule has 0 radical (unpaired) electrons. The second-order valence-electron chi connectivity index (χ2n) is 4.36. The fourth-order valence-electron chi connectivity index (χ4n) is 2.02. The highest BCUT2D eigenvalue weighted by molar-refractivity contribution is 7.91. The van der Waals surface area contributed by atoms with Crippen LogP contribution in [0.4, 0.5) is 0 Å². The van der Waals surface area contributed by atoms with Crippen molar-refractivity contribution < 1.29 is 18.0 Å². The molecule has 5 nitrogen and oxygen atoms in total. The van der Waals surface area contributed by atoms with Gasteiger partial charge in [0.2, 0.25) is 5.91 Å². The number of ketones is 1. The van der Waals surface area contributed by atoms with Gasteiger partial charge in [0.05, 0.1) is 0 Å². The number of rotatable bonds is 4. The van der Waals surface area contributed by atoms with E-state index < -0.39 is 15.6 Å². The summed E-state index contributed by atoms with van der Waals surface area (Å²) in [7, 11) is -3.29. The fraction of sp³-hybridized carbons (Fsp3) is 0.800. The fourth-order valence-corrected chi connectivity index (χ4v) is 2.63. The molecular weight excluding hydrogens is 230 g/mol. The number of Topliss-reactive ketones (excluding diaryl/α,β-unsaturated/α-hetero) is 1. The molecule has 0 aromatic rings. The summed E-state index contributed by atoms with van der Waals surface area (Å²) in [4.78, 5) is 24.2. The Kier molecular flexibility index (Phi) is 4.07. The lowest BCUT2D eigenvalue weighted by Gasteiger charge is -2.23. The number of amides is 1. The summed E-state index contributed by atoms with van der Waals surface area (Å²) < 4.78 is 22.0. The Morgan fingerprint density at radius 3 is 2.50 bits per heavy atom. The van der Waals surface area contributed by atoms with Gasteiger partial charge in [-0.05, 0) is 19.8 Å². The summed E-state index contributed by atoms with van der Waals surface area (Å²) >= 11 is 0. The Hall–Kier alpha value is -0.910. The van der Waals surface area contributed by atoms with Gasteiger partial charge in [0.25, 0.3) is 0 Å². The van der Waals surface area contributed by atoms with Gasteiger partial charge in [-0.2, -0.15) is 0 Å². The maximum absolute atomic E-state index is 11.7. The van der Waals surface area contributed by atoms with Gasteiger partial charge in [0.15, 0.2) is 9.84 Å². The molecule has 1 fully saturated rings. The van der Waals surface area contributed by atoms with Crippen LogP contribution in [0.15, 0.2) is 0 Å². The number of carbonyl (C=O) groups is 2. The van der Waals surface area contributed by atoms with Gasteiger partial charge in [0.1, 0.15) is 11.5 Å². The third-order valence-electron chi connectivity index (χ3n) is 2.61. The third kappa shape index (κ3) is 3.92. The second-order valence-corrected chi connectivity index (χ2v) is 6.50. The predicted molar refractivity (Wildman–Crippen MR) is 59.7 cm³/mol. The molecule has 0 aromatic carbocycles. The molecule has 0 N–H and O–H groups in total. The molecule has 0 aliphatic carbocycles. The van der Waals surface area contributed by atoms with Crippen molar-refractivity contribution in [1.29, 1.82) is 0 Å². The van der Waals surface area contributed by atoms with Crippen LogP contribution in [0.5, 0.6) is 0 Å². The van der Waals surface area contributed by atoms with Gasteiger partial charge in [0, 0.05) is 25.3 Å². The van der Waals surface area contributed by atoms with Crippen LogP contribution in [-0.2, 0) is 19.4 Å². The molecule has 0 aromatic heterocycles. The zero-order chi connectivity index (χ0) is 12.3. The first-order valence-electron chi connectivity index (χ1n) is 5.26. The standard InChI is InChI=1S/C10H17NO4S/c1-8(12)6-9-4-3-5-11(9)10(13)7-16(2,14)15/h9H,3-7H2,1-2H3. The molecule has 0 bridgehead atoms. The normalized spacial score (nSPS) is 21.1. The minimum atomic E-state index is -3.29. The molecule has 0 spiro atoms. The molecule has 1 amide bonds. The average molecular weight is 247 g/mol. The van der Waals surface area contributed by atoms with Gasteiger partial charge in [-0.15, -0.1) is 0 Å². The van der Waals surface area contributed by atoms with Crippen LogP contribution in [0.3, 0.4) is 0 Å². The lowest BCUT2D eigenvalue weighted by Crippen LogP contribution is -2.39. The minimum Gasteiger partial charge on any atom is -0.338 e. The van der Waals surface area contributed by atoms with Gasteiger partial charge in [-0.25, -0.2) is 8.42 Å². The number of hydrogen-bond acceptors (Lipinski definition) is 4. The van der Waals surface area contributed by atoms with Crippen molar-refractivity contribution >= 4 is 21.5 Å². The topological polar surface area (TPSA) is 71.5 Å². The van der Waals surface area contributed by atoms with Crippen molar-refractivity contribution in [1.82, 2.24) is 4.90 Å². The monoisotopic (exact) mass is 247 g/mol. The molecule has 92 valence electrons. The Morgan fingerprint density at radius 2 is 2.00 bits per heavy atom. The summed E-state index contributed by atoms with van der Waals surface area (Å²) in [6.07, 6.45) is 3.00. The molecule has 1 aliphatic heterocycles. The minimum absolute atomic E-state index is 0.0315. The van der Waals surface area contributed by atoms with Crippen LogP contribution in [0, 0.1) is 0 Å². The highest BCUT2D eigenvalue weighted by Crippen LogP contribution is 2.20. The number of hydrogen-bond donors (Lipinski definition) is 0. The molecule has 1 aliphatic rings. The van der Waals surface area contributed by atoms with Crippen molar-refractivity contribution in [3.63, 3.8) is 0 Å². The van der Waals surface area contributed by atoms with Crippen LogP contribution in [0.25, 0.3) is 0 Å². The van der Waals surface area contributed by atoms with Crippen LogP contribution >= 0.6 is 0 Å². The zero-order valence-electron chi connectivity index (χ0n) is 9.60. The maximum atomic E-state index is 11.7. The van der Waals surface area contributed by atoms with Gasteiger partial charge in [-0.1, -0.05) is 0 Å². The van der Waals surface area contributed by atoms with E-state index in [-0.39, 0.29) is 17.7 Å². The van der Waals surface area contributed by atoms with Crippen molar-refractivity contribution in [3.8, 4) is 0 Å². The van der Waals surface area contributed by atoms with Crippen molar-refractivity contribution in [2.24, 2.45) is 0 Å². The van der Waals surface area contributed by atoms with Gasteiger partial charge < -0.3 is 4.90 Å². The van der Waals surface area contributed by atoms with Crippen molar-refractivity contribution in [3.05, 3.63) is 0 Å². The highest BCUT2D eigenvalue weighted by atomic mass is 32.2. The SMILES string of the molecule is CC(=O)CC1CCCN1C(=O)CS(C)(=O)=O. The number of nitrogens with zero attached hydrogens (tertiary/aromatic N) is 1. The van der Waals surface area contributed by atoms with Crippen LogP contribution in [-0.4, -0.2) is 49.6 Å². The van der Waals surface area contributed by atoms with E-state index in [2.05, 4.69) is 0 Å².